The van der Waals surface area contributed by atoms with Crippen LogP contribution < -0.4 is 5.32 Å². The summed E-state index contributed by atoms with van der Waals surface area (Å²) >= 11 is 0. The van der Waals surface area contributed by atoms with E-state index in [1.165, 1.54) is 0 Å². The number of amides is 1. The highest BCUT2D eigenvalue weighted by Gasteiger charge is 2.27. The molecule has 2 rings (SSSR count). The van der Waals surface area contributed by atoms with Crippen molar-refractivity contribution in [2.24, 2.45) is 5.92 Å². The Morgan fingerprint density at radius 3 is 2.61 bits per heavy atom. The Labute approximate surface area is 111 Å². The van der Waals surface area contributed by atoms with E-state index in [1.54, 1.807) is 0 Å². The Kier molecular flexibility index (Phi) is 5.01. The van der Waals surface area contributed by atoms with Gasteiger partial charge in [-0.05, 0) is 45.3 Å². The molecule has 0 bridgehead atoms. The molecule has 0 aromatic rings. The van der Waals surface area contributed by atoms with Gasteiger partial charge in [0.25, 0.3) is 0 Å². The van der Waals surface area contributed by atoms with E-state index in [9.17, 15) is 4.79 Å². The van der Waals surface area contributed by atoms with Gasteiger partial charge in [0.15, 0.2) is 0 Å². The molecule has 0 spiro atoms. The van der Waals surface area contributed by atoms with Gasteiger partial charge < -0.3 is 10.2 Å². The number of carbonyl (C=O) groups excluding carboxylic acids is 1. The molecule has 2 heterocycles. The van der Waals surface area contributed by atoms with Crippen molar-refractivity contribution < 1.29 is 4.79 Å². The molecule has 0 aromatic heterocycles. The second kappa shape index (κ2) is 6.53. The third kappa shape index (κ3) is 3.45. The van der Waals surface area contributed by atoms with Gasteiger partial charge in [0.2, 0.25) is 5.91 Å². The first-order valence-electron chi connectivity index (χ1n) is 7.43. The van der Waals surface area contributed by atoms with Crippen LogP contribution in [0.3, 0.4) is 0 Å². The van der Waals surface area contributed by atoms with Crippen molar-refractivity contribution in [3.05, 3.63) is 0 Å². The summed E-state index contributed by atoms with van der Waals surface area (Å²) < 4.78 is 0. The van der Waals surface area contributed by atoms with Crippen molar-refractivity contribution in [3.63, 3.8) is 0 Å². The van der Waals surface area contributed by atoms with Crippen molar-refractivity contribution in [1.29, 1.82) is 0 Å². The Bertz CT molecular complexity index is 276. The molecular weight excluding hydrogens is 226 g/mol. The largest absolute Gasteiger partial charge is 0.340 e. The summed E-state index contributed by atoms with van der Waals surface area (Å²) in [4.78, 5) is 16.8. The van der Waals surface area contributed by atoms with Crippen molar-refractivity contribution in [2.45, 2.75) is 39.2 Å². The summed E-state index contributed by atoms with van der Waals surface area (Å²) in [5, 5.41) is 3.36. The first-order chi connectivity index (χ1) is 8.70. The topological polar surface area (TPSA) is 35.6 Å². The Morgan fingerprint density at radius 1 is 1.28 bits per heavy atom. The normalized spacial score (nSPS) is 27.4. The van der Waals surface area contributed by atoms with Crippen molar-refractivity contribution >= 4 is 5.91 Å². The van der Waals surface area contributed by atoms with Crippen LogP contribution in [0.4, 0.5) is 0 Å². The number of nitrogens with one attached hydrogen (secondary N) is 1. The number of rotatable bonds is 3. The molecule has 1 unspecified atom stereocenters. The first kappa shape index (κ1) is 13.8. The lowest BCUT2D eigenvalue weighted by Gasteiger charge is -2.40. The molecule has 4 nitrogen and oxygen atoms in total. The fraction of sp³-hybridized carbons (Fsp3) is 0.929. The van der Waals surface area contributed by atoms with Crippen LogP contribution in [0.1, 0.15) is 33.1 Å². The summed E-state index contributed by atoms with van der Waals surface area (Å²) in [6.07, 6.45) is 3.09. The summed E-state index contributed by atoms with van der Waals surface area (Å²) in [5.74, 6) is 0.989. The zero-order valence-corrected chi connectivity index (χ0v) is 11.8. The van der Waals surface area contributed by atoms with E-state index in [0.29, 0.717) is 17.9 Å². The quantitative estimate of drug-likeness (QED) is 0.813. The predicted molar refractivity (Wildman–Crippen MR) is 73.5 cm³/mol. The first-order valence-corrected chi connectivity index (χ1v) is 7.43. The second-order valence-corrected chi connectivity index (χ2v) is 5.71. The summed E-state index contributed by atoms with van der Waals surface area (Å²) in [7, 11) is 0. The number of carbonyl (C=O) groups is 1. The number of hydrogen-bond acceptors (Lipinski definition) is 3. The van der Waals surface area contributed by atoms with E-state index >= 15 is 0 Å². The summed E-state index contributed by atoms with van der Waals surface area (Å²) in [6.45, 7) is 10.6. The van der Waals surface area contributed by atoms with Crippen LogP contribution in [-0.2, 0) is 4.79 Å². The Hall–Kier alpha value is -0.610. The van der Waals surface area contributed by atoms with Gasteiger partial charge in [-0.25, -0.2) is 0 Å². The third-order valence-corrected chi connectivity index (χ3v) is 4.45. The predicted octanol–water partition coefficient (Wildman–Crippen LogP) is 0.929. The lowest BCUT2D eigenvalue weighted by Crippen LogP contribution is -2.53. The molecule has 2 fully saturated rings. The van der Waals surface area contributed by atoms with Gasteiger partial charge in [0, 0.05) is 32.1 Å². The van der Waals surface area contributed by atoms with E-state index in [-0.39, 0.29) is 0 Å². The van der Waals surface area contributed by atoms with E-state index in [0.717, 1.165) is 58.5 Å². The molecule has 1 atom stereocenters. The van der Waals surface area contributed by atoms with Crippen LogP contribution in [0, 0.1) is 5.92 Å². The third-order valence-electron chi connectivity index (χ3n) is 4.45. The molecule has 0 radical (unpaired) electrons. The highest BCUT2D eigenvalue weighted by molar-refractivity contribution is 5.76. The highest BCUT2D eigenvalue weighted by atomic mass is 16.2. The molecule has 0 aliphatic carbocycles. The molecule has 2 aliphatic heterocycles. The molecule has 1 N–H and O–H groups in total. The number of likely N-dealkylation sites (N-methyl/N-ethyl adjacent to an activating group) is 1. The van der Waals surface area contributed by atoms with Crippen molar-refractivity contribution in [2.75, 3.05) is 39.3 Å². The molecule has 18 heavy (non-hydrogen) atoms. The van der Waals surface area contributed by atoms with E-state index in [2.05, 4.69) is 29.0 Å². The van der Waals surface area contributed by atoms with Gasteiger partial charge in [-0.15, -0.1) is 0 Å². The zero-order valence-electron chi connectivity index (χ0n) is 11.8. The lowest BCUT2D eigenvalue weighted by atomic mass is 9.94. The van der Waals surface area contributed by atoms with Crippen molar-refractivity contribution in [3.8, 4) is 0 Å². The molecule has 104 valence electrons. The van der Waals surface area contributed by atoms with Crippen LogP contribution in [0.5, 0.6) is 0 Å². The molecule has 0 saturated carbocycles. The van der Waals surface area contributed by atoms with Crippen LogP contribution in [0.2, 0.25) is 0 Å². The molecule has 2 saturated heterocycles. The SMILES string of the molecule is CCN1CCN(C(=O)CC2CCNCC2)CC1C. The monoisotopic (exact) mass is 253 g/mol. The number of nitrogens with zero attached hydrogens (tertiary/aromatic N) is 2. The highest BCUT2D eigenvalue weighted by Crippen LogP contribution is 2.18. The molecule has 2 aliphatic rings. The van der Waals surface area contributed by atoms with Crippen LogP contribution in [-0.4, -0.2) is 61.0 Å². The Balaban J connectivity index is 1.79. The standard InChI is InChI=1S/C14H27N3O/c1-3-16-8-9-17(11-12(16)2)14(18)10-13-4-6-15-7-5-13/h12-13,15H,3-11H2,1-2H3. The average molecular weight is 253 g/mol. The van der Waals surface area contributed by atoms with Gasteiger partial charge in [-0.2, -0.15) is 0 Å². The lowest BCUT2D eigenvalue weighted by molar-refractivity contribution is -0.135. The molecule has 0 aromatic carbocycles. The van der Waals surface area contributed by atoms with Gasteiger partial charge in [0.05, 0.1) is 0 Å². The van der Waals surface area contributed by atoms with Gasteiger partial charge in [0.1, 0.15) is 0 Å². The fourth-order valence-electron chi connectivity index (χ4n) is 3.15. The minimum absolute atomic E-state index is 0.379. The van der Waals surface area contributed by atoms with E-state index in [1.807, 2.05) is 0 Å². The van der Waals surface area contributed by atoms with Crippen molar-refractivity contribution in [1.82, 2.24) is 15.1 Å². The summed E-state index contributed by atoms with van der Waals surface area (Å²) in [5.41, 5.74) is 0. The minimum Gasteiger partial charge on any atom is -0.340 e. The average Bonchev–Trinajstić information content (AvgIpc) is 2.39. The molecule has 4 heteroatoms. The fourth-order valence-corrected chi connectivity index (χ4v) is 3.15. The maximum Gasteiger partial charge on any atom is 0.222 e. The number of piperazine rings is 1. The number of piperidine rings is 1. The maximum absolute atomic E-state index is 12.3. The minimum atomic E-state index is 0.379. The summed E-state index contributed by atoms with van der Waals surface area (Å²) in [6, 6.07) is 0.515. The maximum atomic E-state index is 12.3. The van der Waals surface area contributed by atoms with Crippen LogP contribution >= 0.6 is 0 Å². The van der Waals surface area contributed by atoms with Gasteiger partial charge >= 0.3 is 0 Å². The molecule has 1 amide bonds. The van der Waals surface area contributed by atoms with Crippen LogP contribution in [0.25, 0.3) is 0 Å². The smallest absolute Gasteiger partial charge is 0.222 e. The second-order valence-electron chi connectivity index (χ2n) is 5.71. The van der Waals surface area contributed by atoms with Gasteiger partial charge in [-0.3, -0.25) is 9.69 Å². The van der Waals surface area contributed by atoms with E-state index in [4.69, 9.17) is 0 Å². The number of hydrogen-bond donors (Lipinski definition) is 1. The van der Waals surface area contributed by atoms with E-state index < -0.39 is 0 Å². The van der Waals surface area contributed by atoms with Gasteiger partial charge in [-0.1, -0.05) is 6.92 Å². The zero-order chi connectivity index (χ0) is 13.0. The Morgan fingerprint density at radius 2 is 2.00 bits per heavy atom. The van der Waals surface area contributed by atoms with Crippen LogP contribution in [0.15, 0.2) is 0 Å². The molecular formula is C14H27N3O.